The second-order valence-electron chi connectivity index (χ2n) is 8.24. The van der Waals surface area contributed by atoms with E-state index in [1.54, 1.807) is 0 Å². The lowest BCUT2D eigenvalue weighted by Crippen LogP contribution is -2.49. The van der Waals surface area contributed by atoms with Crippen LogP contribution in [0.4, 0.5) is 0 Å². The van der Waals surface area contributed by atoms with Gasteiger partial charge in [-0.15, -0.1) is 0 Å². The molecule has 6 nitrogen and oxygen atoms in total. The molecule has 0 radical (unpaired) electrons. The molecule has 0 spiro atoms. The van der Waals surface area contributed by atoms with Crippen LogP contribution < -0.4 is 0 Å². The van der Waals surface area contributed by atoms with E-state index in [9.17, 15) is 0 Å². The molecule has 1 saturated carbocycles. The van der Waals surface area contributed by atoms with Crippen molar-refractivity contribution in [2.24, 2.45) is 5.92 Å². The predicted octanol–water partition coefficient (Wildman–Crippen LogP) is 3.06. The van der Waals surface area contributed by atoms with Gasteiger partial charge in [-0.05, 0) is 83.5 Å². The van der Waals surface area contributed by atoms with Gasteiger partial charge in [-0.1, -0.05) is 19.8 Å². The molecule has 0 bridgehead atoms. The predicted molar refractivity (Wildman–Crippen MR) is 101 cm³/mol. The molecule has 0 atom stereocenters. The van der Waals surface area contributed by atoms with Crippen LogP contribution in [0.3, 0.4) is 0 Å². The van der Waals surface area contributed by atoms with E-state index in [0.29, 0.717) is 0 Å². The SMILES string of the molecule is CC1CCC(N2CCC(N3CCCCCC3)CC2)CC1.O=C(O)C(=O)O. The lowest BCUT2D eigenvalue weighted by atomic mass is 9.85. The zero-order chi connectivity index (χ0) is 18.9. The van der Waals surface area contributed by atoms with Crippen LogP contribution in [-0.4, -0.2) is 70.2 Å². The molecule has 0 amide bonds. The number of carboxylic acid groups (broad SMARTS) is 2. The van der Waals surface area contributed by atoms with Gasteiger partial charge < -0.3 is 20.0 Å². The number of carboxylic acids is 2. The first-order valence-corrected chi connectivity index (χ1v) is 10.4. The Balaban J connectivity index is 0.000000352. The molecule has 0 aromatic carbocycles. The van der Waals surface area contributed by atoms with E-state index in [1.807, 2.05) is 0 Å². The maximum atomic E-state index is 9.10. The fourth-order valence-corrected chi connectivity index (χ4v) is 4.68. The summed E-state index contributed by atoms with van der Waals surface area (Å²) >= 11 is 0. The molecule has 2 saturated heterocycles. The van der Waals surface area contributed by atoms with Gasteiger partial charge in [0.1, 0.15) is 0 Å². The molecule has 0 aromatic rings. The Bertz CT molecular complexity index is 421. The second-order valence-corrected chi connectivity index (χ2v) is 8.24. The van der Waals surface area contributed by atoms with Gasteiger partial charge >= 0.3 is 11.9 Å². The summed E-state index contributed by atoms with van der Waals surface area (Å²) in [4.78, 5) is 23.9. The van der Waals surface area contributed by atoms with Crippen molar-refractivity contribution in [3.63, 3.8) is 0 Å². The highest BCUT2D eigenvalue weighted by Crippen LogP contribution is 2.30. The zero-order valence-corrected chi connectivity index (χ0v) is 16.2. The fourth-order valence-electron chi connectivity index (χ4n) is 4.68. The molecule has 3 fully saturated rings. The van der Waals surface area contributed by atoms with Crippen molar-refractivity contribution in [2.45, 2.75) is 83.2 Å². The van der Waals surface area contributed by atoms with Gasteiger partial charge in [0, 0.05) is 12.1 Å². The first-order chi connectivity index (χ1) is 12.5. The normalized spacial score (nSPS) is 29.3. The summed E-state index contributed by atoms with van der Waals surface area (Å²) < 4.78 is 0. The van der Waals surface area contributed by atoms with E-state index in [4.69, 9.17) is 19.8 Å². The van der Waals surface area contributed by atoms with Gasteiger partial charge in [-0.3, -0.25) is 0 Å². The number of rotatable bonds is 2. The largest absolute Gasteiger partial charge is 0.473 e. The molecule has 26 heavy (non-hydrogen) atoms. The van der Waals surface area contributed by atoms with E-state index < -0.39 is 11.9 Å². The van der Waals surface area contributed by atoms with E-state index >= 15 is 0 Å². The van der Waals surface area contributed by atoms with E-state index in [1.165, 1.54) is 90.4 Å². The first-order valence-electron chi connectivity index (χ1n) is 10.4. The number of carbonyl (C=O) groups is 2. The summed E-state index contributed by atoms with van der Waals surface area (Å²) in [7, 11) is 0. The third-order valence-electron chi connectivity index (χ3n) is 6.34. The third kappa shape index (κ3) is 6.88. The lowest BCUT2D eigenvalue weighted by molar-refractivity contribution is -0.159. The van der Waals surface area contributed by atoms with E-state index in [2.05, 4.69) is 16.7 Å². The van der Waals surface area contributed by atoms with Crippen molar-refractivity contribution >= 4 is 11.9 Å². The van der Waals surface area contributed by atoms with Crippen LogP contribution in [-0.2, 0) is 9.59 Å². The van der Waals surface area contributed by atoms with E-state index in [0.717, 1.165) is 18.0 Å². The summed E-state index contributed by atoms with van der Waals surface area (Å²) in [6.45, 7) is 7.94. The topological polar surface area (TPSA) is 81.1 Å². The van der Waals surface area contributed by atoms with Crippen molar-refractivity contribution < 1.29 is 19.8 Å². The van der Waals surface area contributed by atoms with Crippen LogP contribution in [0.15, 0.2) is 0 Å². The Morgan fingerprint density at radius 3 is 1.54 bits per heavy atom. The Morgan fingerprint density at radius 2 is 1.08 bits per heavy atom. The Kier molecular flexibility index (Phi) is 8.85. The molecule has 2 N–H and O–H groups in total. The number of likely N-dealkylation sites (tertiary alicyclic amines) is 2. The quantitative estimate of drug-likeness (QED) is 0.729. The summed E-state index contributed by atoms with van der Waals surface area (Å²) in [6, 6.07) is 1.84. The fraction of sp³-hybridized carbons (Fsp3) is 0.900. The highest BCUT2D eigenvalue weighted by Gasteiger charge is 2.30. The number of hydrogen-bond acceptors (Lipinski definition) is 4. The van der Waals surface area contributed by atoms with Crippen molar-refractivity contribution in [3.8, 4) is 0 Å². The maximum absolute atomic E-state index is 9.10. The molecule has 3 rings (SSSR count). The van der Waals surface area contributed by atoms with Crippen molar-refractivity contribution in [1.82, 2.24) is 9.80 Å². The van der Waals surface area contributed by atoms with Gasteiger partial charge in [0.05, 0.1) is 0 Å². The van der Waals surface area contributed by atoms with Crippen molar-refractivity contribution in [2.75, 3.05) is 26.2 Å². The summed E-state index contributed by atoms with van der Waals surface area (Å²) in [5.41, 5.74) is 0. The molecule has 2 heterocycles. The van der Waals surface area contributed by atoms with Crippen LogP contribution >= 0.6 is 0 Å². The number of aliphatic carboxylic acids is 2. The molecule has 6 heteroatoms. The van der Waals surface area contributed by atoms with Gasteiger partial charge in [0.15, 0.2) is 0 Å². The molecule has 3 aliphatic rings. The number of nitrogens with zero attached hydrogens (tertiary/aromatic N) is 2. The van der Waals surface area contributed by atoms with Crippen LogP contribution in [0, 0.1) is 5.92 Å². The second kappa shape index (κ2) is 10.9. The Morgan fingerprint density at radius 1 is 0.654 bits per heavy atom. The molecule has 150 valence electrons. The Labute approximate surface area is 157 Å². The van der Waals surface area contributed by atoms with Gasteiger partial charge in [-0.25, -0.2) is 9.59 Å². The molecule has 2 aliphatic heterocycles. The summed E-state index contributed by atoms with van der Waals surface area (Å²) in [5.74, 6) is -2.66. The van der Waals surface area contributed by atoms with Crippen molar-refractivity contribution in [3.05, 3.63) is 0 Å². The minimum Gasteiger partial charge on any atom is -0.473 e. The van der Waals surface area contributed by atoms with Crippen molar-refractivity contribution in [1.29, 1.82) is 0 Å². The van der Waals surface area contributed by atoms with Crippen LogP contribution in [0.5, 0.6) is 0 Å². The van der Waals surface area contributed by atoms with Crippen LogP contribution in [0.2, 0.25) is 0 Å². The van der Waals surface area contributed by atoms with E-state index in [-0.39, 0.29) is 0 Å². The van der Waals surface area contributed by atoms with Gasteiger partial charge in [0.25, 0.3) is 0 Å². The molecular formula is C20H36N2O4. The lowest BCUT2D eigenvalue weighted by Gasteiger charge is -2.43. The molecule has 0 unspecified atom stereocenters. The average Bonchev–Trinajstić information content (AvgIpc) is 2.92. The molecular weight excluding hydrogens is 332 g/mol. The molecule has 0 aromatic heterocycles. The first kappa shape index (κ1) is 21.2. The smallest absolute Gasteiger partial charge is 0.414 e. The number of piperidine rings is 1. The minimum absolute atomic E-state index is 0.909. The van der Waals surface area contributed by atoms with Gasteiger partial charge in [0.2, 0.25) is 0 Å². The molecule has 1 aliphatic carbocycles. The summed E-state index contributed by atoms with van der Waals surface area (Å²) in [6.07, 6.45) is 14.6. The van der Waals surface area contributed by atoms with Crippen LogP contribution in [0.25, 0.3) is 0 Å². The maximum Gasteiger partial charge on any atom is 0.414 e. The van der Waals surface area contributed by atoms with Gasteiger partial charge in [-0.2, -0.15) is 0 Å². The number of hydrogen-bond donors (Lipinski definition) is 2. The average molecular weight is 369 g/mol. The minimum atomic E-state index is -1.82. The monoisotopic (exact) mass is 368 g/mol. The standard InChI is InChI=1S/C18H34N2.C2H2O4/c1-16-6-8-17(9-7-16)20-14-10-18(11-15-20)19-12-4-2-3-5-13-19;3-1(4)2(5)6/h16-18H,2-15H2,1H3;(H,3,4)(H,5,6). The zero-order valence-electron chi connectivity index (χ0n) is 16.2. The Hall–Kier alpha value is -1.14. The highest BCUT2D eigenvalue weighted by molar-refractivity contribution is 6.27. The summed E-state index contributed by atoms with van der Waals surface area (Å²) in [5, 5.41) is 14.8. The van der Waals surface area contributed by atoms with Crippen LogP contribution in [0.1, 0.15) is 71.1 Å². The third-order valence-corrected chi connectivity index (χ3v) is 6.34. The highest BCUT2D eigenvalue weighted by atomic mass is 16.4.